The predicted octanol–water partition coefficient (Wildman–Crippen LogP) is 2.07. The molecule has 2 rings (SSSR count). The van der Waals surface area contributed by atoms with Crippen molar-refractivity contribution < 1.29 is 24.6 Å². The van der Waals surface area contributed by atoms with Gasteiger partial charge in [0, 0.05) is 18.4 Å². The highest BCUT2D eigenvalue weighted by Gasteiger charge is 2.23. The number of aromatic carboxylic acids is 1. The maximum Gasteiger partial charge on any atom is 0.341 e. The summed E-state index contributed by atoms with van der Waals surface area (Å²) in [6, 6.07) is 7.43. The van der Waals surface area contributed by atoms with E-state index in [0.29, 0.717) is 5.56 Å². The van der Waals surface area contributed by atoms with Gasteiger partial charge in [-0.2, -0.15) is 0 Å². The van der Waals surface area contributed by atoms with Crippen LogP contribution in [-0.4, -0.2) is 32.6 Å². The number of aromatic nitrogens is 1. The number of hydrogen-bond acceptors (Lipinski definition) is 4. The molecule has 0 aliphatic carbocycles. The summed E-state index contributed by atoms with van der Waals surface area (Å²) in [4.78, 5) is 47.6. The monoisotopic (exact) mass is 372 g/mol. The first-order chi connectivity index (χ1) is 12.7. The molecule has 0 bridgehead atoms. The lowest BCUT2D eigenvalue weighted by Gasteiger charge is -2.19. The van der Waals surface area contributed by atoms with Crippen LogP contribution in [0.2, 0.25) is 0 Å². The van der Waals surface area contributed by atoms with Crippen molar-refractivity contribution in [3.05, 3.63) is 69.6 Å². The van der Waals surface area contributed by atoms with E-state index in [2.05, 4.69) is 5.32 Å². The molecule has 2 aromatic rings. The van der Waals surface area contributed by atoms with Crippen LogP contribution >= 0.6 is 0 Å². The van der Waals surface area contributed by atoms with Crippen molar-refractivity contribution in [2.75, 3.05) is 0 Å². The molecule has 8 nitrogen and oxygen atoms in total. The molecule has 1 aromatic carbocycles. The van der Waals surface area contributed by atoms with Crippen molar-refractivity contribution in [3.63, 3.8) is 0 Å². The largest absolute Gasteiger partial charge is 0.481 e. The van der Waals surface area contributed by atoms with E-state index in [1.165, 1.54) is 17.0 Å². The molecule has 0 aliphatic heterocycles. The lowest BCUT2D eigenvalue weighted by molar-refractivity contribution is -0.137. The van der Waals surface area contributed by atoms with Gasteiger partial charge in [0.25, 0.3) is 5.91 Å². The molecular formula is C19H20N2O6. The number of carbonyl (C=O) groups is 3. The minimum atomic E-state index is -1.44. The Balaban J connectivity index is 2.44. The van der Waals surface area contributed by atoms with Crippen LogP contribution in [0.1, 0.15) is 58.6 Å². The van der Waals surface area contributed by atoms with Gasteiger partial charge in [-0.25, -0.2) is 4.79 Å². The van der Waals surface area contributed by atoms with Gasteiger partial charge in [0.05, 0.1) is 12.5 Å². The number of nitrogens with one attached hydrogen (secondary N) is 1. The number of hydrogen-bond donors (Lipinski definition) is 3. The molecule has 27 heavy (non-hydrogen) atoms. The van der Waals surface area contributed by atoms with Crippen molar-refractivity contribution >= 4 is 17.8 Å². The SMILES string of the molecule is CC(C)n1cc(C(=O)O)c(=O)c(C(=O)NC(CC(=O)O)c2ccccc2)c1. The fourth-order valence-electron chi connectivity index (χ4n) is 2.56. The Bertz CT molecular complexity index is 918. The summed E-state index contributed by atoms with van der Waals surface area (Å²) in [5.41, 5.74) is -1.23. The molecule has 3 N–H and O–H groups in total. The summed E-state index contributed by atoms with van der Waals surface area (Å²) in [6.07, 6.45) is 2.07. The highest BCUT2D eigenvalue weighted by Crippen LogP contribution is 2.17. The number of carboxylic acids is 2. The molecule has 0 aliphatic rings. The number of aliphatic carboxylic acids is 1. The molecule has 1 atom stereocenters. The second-order valence-corrected chi connectivity index (χ2v) is 6.30. The Hall–Kier alpha value is -3.42. The summed E-state index contributed by atoms with van der Waals surface area (Å²) < 4.78 is 1.45. The first-order valence-electron chi connectivity index (χ1n) is 8.27. The second kappa shape index (κ2) is 8.31. The molecule has 1 unspecified atom stereocenters. The highest BCUT2D eigenvalue weighted by molar-refractivity contribution is 5.97. The van der Waals surface area contributed by atoms with E-state index in [4.69, 9.17) is 5.11 Å². The van der Waals surface area contributed by atoms with Crippen LogP contribution in [-0.2, 0) is 4.79 Å². The minimum absolute atomic E-state index is 0.181. The fourth-order valence-corrected chi connectivity index (χ4v) is 2.56. The predicted molar refractivity (Wildman–Crippen MR) is 96.9 cm³/mol. The van der Waals surface area contributed by atoms with Crippen LogP contribution in [0.25, 0.3) is 0 Å². The molecular weight excluding hydrogens is 352 g/mol. The zero-order valence-electron chi connectivity index (χ0n) is 14.9. The highest BCUT2D eigenvalue weighted by atomic mass is 16.4. The van der Waals surface area contributed by atoms with Crippen LogP contribution in [0.5, 0.6) is 0 Å². The van der Waals surface area contributed by atoms with E-state index in [0.717, 1.165) is 0 Å². The van der Waals surface area contributed by atoms with Gasteiger partial charge in [0.1, 0.15) is 11.1 Å². The first-order valence-corrected chi connectivity index (χ1v) is 8.27. The van der Waals surface area contributed by atoms with Gasteiger partial charge in [-0.05, 0) is 19.4 Å². The molecule has 0 fully saturated rings. The van der Waals surface area contributed by atoms with Crippen LogP contribution in [0.15, 0.2) is 47.5 Å². The van der Waals surface area contributed by atoms with Gasteiger partial charge in [0.15, 0.2) is 0 Å². The zero-order valence-corrected chi connectivity index (χ0v) is 14.9. The van der Waals surface area contributed by atoms with Crippen LogP contribution in [0.4, 0.5) is 0 Å². The van der Waals surface area contributed by atoms with Crippen LogP contribution in [0, 0.1) is 0 Å². The Labute approximate surface area is 155 Å². The maximum absolute atomic E-state index is 12.7. The third-order valence-corrected chi connectivity index (χ3v) is 4.00. The number of benzene rings is 1. The standard InChI is InChI=1S/C19H20N2O6/c1-11(2)21-9-13(17(24)14(10-21)19(26)27)18(25)20-15(8-16(22)23)12-6-4-3-5-7-12/h3-7,9-11,15H,8H2,1-2H3,(H,20,25)(H,22,23)(H,26,27). The number of carbonyl (C=O) groups excluding carboxylic acids is 1. The summed E-state index contributed by atoms with van der Waals surface area (Å²) in [5, 5.41) is 20.9. The third kappa shape index (κ3) is 4.81. The Morgan fingerprint density at radius 3 is 2.15 bits per heavy atom. The summed E-state index contributed by atoms with van der Waals surface area (Å²) >= 11 is 0. The number of amides is 1. The van der Waals surface area contributed by atoms with E-state index in [9.17, 15) is 24.3 Å². The maximum atomic E-state index is 12.7. The average Bonchev–Trinajstić information content (AvgIpc) is 2.61. The molecule has 142 valence electrons. The van der Waals surface area contributed by atoms with Gasteiger partial charge in [-0.15, -0.1) is 0 Å². The van der Waals surface area contributed by atoms with Crippen LogP contribution < -0.4 is 10.7 Å². The lowest BCUT2D eigenvalue weighted by Crippen LogP contribution is -2.35. The van der Waals surface area contributed by atoms with E-state index in [1.807, 2.05) is 0 Å². The van der Waals surface area contributed by atoms with Crippen molar-refractivity contribution in [1.29, 1.82) is 0 Å². The van der Waals surface area contributed by atoms with E-state index in [-0.39, 0.29) is 18.0 Å². The molecule has 1 amide bonds. The first kappa shape index (κ1) is 19.9. The summed E-state index contributed by atoms with van der Waals surface area (Å²) in [6.45, 7) is 3.55. The van der Waals surface area contributed by atoms with E-state index < -0.39 is 34.9 Å². The number of pyridine rings is 1. The van der Waals surface area contributed by atoms with Crippen molar-refractivity contribution in [2.24, 2.45) is 0 Å². The molecule has 0 saturated heterocycles. The number of rotatable bonds is 7. The van der Waals surface area contributed by atoms with Gasteiger partial charge in [0.2, 0.25) is 5.43 Å². The zero-order chi connectivity index (χ0) is 20.1. The van der Waals surface area contributed by atoms with Crippen molar-refractivity contribution in [1.82, 2.24) is 9.88 Å². The van der Waals surface area contributed by atoms with Crippen molar-refractivity contribution in [3.8, 4) is 0 Å². The quantitative estimate of drug-likeness (QED) is 0.683. The molecule has 1 aromatic heterocycles. The van der Waals surface area contributed by atoms with Crippen molar-refractivity contribution in [2.45, 2.75) is 32.4 Å². The Morgan fingerprint density at radius 1 is 1.04 bits per heavy atom. The number of carboxylic acid groups (broad SMARTS) is 2. The average molecular weight is 372 g/mol. The number of nitrogens with zero attached hydrogens (tertiary/aromatic N) is 1. The van der Waals surface area contributed by atoms with E-state index in [1.54, 1.807) is 44.2 Å². The summed E-state index contributed by atoms with van der Waals surface area (Å²) in [7, 11) is 0. The van der Waals surface area contributed by atoms with E-state index >= 15 is 0 Å². The molecule has 0 spiro atoms. The molecule has 0 saturated carbocycles. The smallest absolute Gasteiger partial charge is 0.341 e. The van der Waals surface area contributed by atoms with Gasteiger partial charge >= 0.3 is 11.9 Å². The Morgan fingerprint density at radius 2 is 1.63 bits per heavy atom. The fraction of sp³-hybridized carbons (Fsp3) is 0.263. The molecule has 1 heterocycles. The lowest BCUT2D eigenvalue weighted by atomic mass is 10.0. The van der Waals surface area contributed by atoms with Gasteiger partial charge in [-0.1, -0.05) is 30.3 Å². The van der Waals surface area contributed by atoms with Crippen LogP contribution in [0.3, 0.4) is 0 Å². The molecule has 8 heteroatoms. The minimum Gasteiger partial charge on any atom is -0.481 e. The summed E-state index contributed by atoms with van der Waals surface area (Å²) in [5.74, 6) is -3.38. The Kier molecular flexibility index (Phi) is 6.12. The van der Waals surface area contributed by atoms with Gasteiger partial charge in [-0.3, -0.25) is 14.4 Å². The molecule has 0 radical (unpaired) electrons. The third-order valence-electron chi connectivity index (χ3n) is 4.00. The normalized spacial score (nSPS) is 11.8. The van der Waals surface area contributed by atoms with Gasteiger partial charge < -0.3 is 20.1 Å². The topological polar surface area (TPSA) is 126 Å². The second-order valence-electron chi connectivity index (χ2n) is 6.30.